The van der Waals surface area contributed by atoms with Crippen LogP contribution in [-0.2, 0) is 4.84 Å². The molecule has 1 amide bonds. The Bertz CT molecular complexity index is 1730. The van der Waals surface area contributed by atoms with Crippen LogP contribution >= 0.6 is 0 Å². The molecule has 0 bridgehead atoms. The fourth-order valence-corrected chi connectivity index (χ4v) is 6.68. The first kappa shape index (κ1) is 34.7. The summed E-state index contributed by atoms with van der Waals surface area (Å²) in [6, 6.07) is 11.3. The summed E-state index contributed by atoms with van der Waals surface area (Å²) in [5.41, 5.74) is 3.62. The van der Waals surface area contributed by atoms with E-state index in [0.29, 0.717) is 71.1 Å². The number of amides is 1. The Hall–Kier alpha value is -5.13. The molecule has 6 rings (SSSR count). The van der Waals surface area contributed by atoms with Crippen molar-refractivity contribution in [2.45, 2.75) is 57.1 Å². The summed E-state index contributed by atoms with van der Waals surface area (Å²) in [7, 11) is 7.97. The number of aliphatic imine (C=N–C) groups is 1. The first-order valence-corrected chi connectivity index (χ1v) is 17.0. The quantitative estimate of drug-likeness (QED) is 0.144. The summed E-state index contributed by atoms with van der Waals surface area (Å²) < 4.78 is 41.0. The van der Waals surface area contributed by atoms with Crippen molar-refractivity contribution >= 4 is 24.0 Å². The third kappa shape index (κ3) is 7.10. The number of ether oxygens (including phenoxy) is 7. The summed E-state index contributed by atoms with van der Waals surface area (Å²) in [5.74, 6) is 3.86. The summed E-state index contributed by atoms with van der Waals surface area (Å²) >= 11 is 0. The number of benzene rings is 3. The van der Waals surface area contributed by atoms with Crippen molar-refractivity contribution in [1.29, 1.82) is 0 Å². The van der Waals surface area contributed by atoms with Crippen LogP contribution in [0.1, 0.15) is 67.0 Å². The average Bonchev–Trinajstić information content (AvgIpc) is 3.85. The van der Waals surface area contributed by atoms with Gasteiger partial charge in [0.2, 0.25) is 5.75 Å². The van der Waals surface area contributed by atoms with Gasteiger partial charge >= 0.3 is 0 Å². The molecule has 0 spiro atoms. The topological polar surface area (TPSA) is 119 Å². The molecule has 1 unspecified atom stereocenters. The smallest absolute Gasteiger partial charge is 0.256 e. The number of fused-ring (bicyclic) bond motifs is 2. The minimum Gasteiger partial charge on any atom is -0.493 e. The lowest BCUT2D eigenvalue weighted by molar-refractivity contribution is 0.0774. The van der Waals surface area contributed by atoms with Crippen LogP contribution in [0.2, 0.25) is 0 Å². The van der Waals surface area contributed by atoms with Crippen molar-refractivity contribution < 1.29 is 42.8 Å². The van der Waals surface area contributed by atoms with Gasteiger partial charge in [-0.1, -0.05) is 5.16 Å². The van der Waals surface area contributed by atoms with Gasteiger partial charge in [-0.2, -0.15) is 0 Å². The summed E-state index contributed by atoms with van der Waals surface area (Å²) in [5, 5.41) is 3.98. The maximum absolute atomic E-state index is 13.1. The van der Waals surface area contributed by atoms with E-state index in [1.165, 1.54) is 0 Å². The third-order valence-corrected chi connectivity index (χ3v) is 9.24. The van der Waals surface area contributed by atoms with E-state index in [4.69, 9.17) is 38.0 Å². The molecular formula is C38H45N3O9. The average molecular weight is 688 g/mol. The Morgan fingerprint density at radius 1 is 0.740 bits per heavy atom. The largest absolute Gasteiger partial charge is 0.493 e. The lowest BCUT2D eigenvalue weighted by atomic mass is 9.96. The molecule has 0 radical (unpaired) electrons. The summed E-state index contributed by atoms with van der Waals surface area (Å²) in [6.45, 7) is 1.76. The van der Waals surface area contributed by atoms with Crippen LogP contribution < -0.4 is 33.2 Å². The van der Waals surface area contributed by atoms with Gasteiger partial charge in [-0.05, 0) is 74.4 Å². The highest BCUT2D eigenvalue weighted by Crippen LogP contribution is 2.50. The number of nitrogens with zero attached hydrogens (tertiary/aromatic N) is 3. The number of hydrogen-bond acceptors (Lipinski definition) is 11. The van der Waals surface area contributed by atoms with E-state index >= 15 is 0 Å². The van der Waals surface area contributed by atoms with Crippen molar-refractivity contribution in [3.05, 3.63) is 47.5 Å². The molecule has 266 valence electrons. The number of unbranched alkanes of at least 4 members (excludes halogenated alkanes) is 3. The Labute approximate surface area is 292 Å². The van der Waals surface area contributed by atoms with Crippen molar-refractivity contribution in [3.63, 3.8) is 0 Å². The van der Waals surface area contributed by atoms with E-state index in [2.05, 4.69) is 10.1 Å². The predicted octanol–water partition coefficient (Wildman–Crippen LogP) is 7.18. The maximum Gasteiger partial charge on any atom is 0.256 e. The van der Waals surface area contributed by atoms with E-state index in [1.807, 2.05) is 41.4 Å². The number of hydrogen-bond donors (Lipinski definition) is 0. The molecular weight excluding hydrogens is 642 g/mol. The third-order valence-electron chi connectivity index (χ3n) is 9.24. The summed E-state index contributed by atoms with van der Waals surface area (Å²) in [4.78, 5) is 25.3. The molecule has 0 saturated carbocycles. The highest BCUT2D eigenvalue weighted by atomic mass is 16.6. The molecule has 12 nitrogen and oxygen atoms in total. The van der Waals surface area contributed by atoms with Crippen LogP contribution in [0.4, 0.5) is 5.69 Å². The van der Waals surface area contributed by atoms with Crippen LogP contribution in [0.3, 0.4) is 0 Å². The molecule has 0 aromatic heterocycles. The minimum atomic E-state index is -0.240. The molecule has 0 N–H and O–H groups in total. The van der Waals surface area contributed by atoms with E-state index in [1.54, 1.807) is 47.8 Å². The molecule has 3 heterocycles. The van der Waals surface area contributed by atoms with Crippen molar-refractivity contribution in [2.75, 3.05) is 55.3 Å². The van der Waals surface area contributed by atoms with Crippen molar-refractivity contribution in [2.24, 2.45) is 10.1 Å². The zero-order valence-electron chi connectivity index (χ0n) is 29.4. The van der Waals surface area contributed by atoms with Gasteiger partial charge in [0.1, 0.15) is 0 Å². The first-order chi connectivity index (χ1) is 24.5. The second-order valence-corrected chi connectivity index (χ2v) is 12.2. The number of methoxy groups -OCH3 is 5. The van der Waals surface area contributed by atoms with Gasteiger partial charge < -0.3 is 42.9 Å². The maximum atomic E-state index is 13.1. The van der Waals surface area contributed by atoms with Gasteiger partial charge in [-0.15, -0.1) is 0 Å². The molecule has 3 aromatic carbocycles. The van der Waals surface area contributed by atoms with Gasteiger partial charge in [0, 0.05) is 42.6 Å². The Morgan fingerprint density at radius 2 is 1.48 bits per heavy atom. The number of carbonyl (C=O) groups excluding carboxylic acids is 1. The normalized spacial score (nSPS) is 17.5. The fraction of sp³-hybridized carbons (Fsp3) is 0.447. The van der Waals surface area contributed by atoms with Crippen LogP contribution in [-0.4, -0.2) is 84.6 Å². The lowest BCUT2D eigenvalue weighted by Crippen LogP contribution is -2.35. The standard InChI is InChI=1S/C38H45N3O9/c1-43-31-13-12-26(36(46-4)37(31)47-5)27-19-24(30-14-15-40-50-30)20-34(35(27)45-3)49-18-9-7-6-8-17-48-33-22-29-28(21-32(33)44-2)38(42)41-16-10-11-25(41)23-39-29/h12-13,15,19-23,25,30H,6-11,14,16-18H2,1-5H3/t25-,30?/m0/s1. The van der Waals surface area contributed by atoms with Gasteiger partial charge in [0.05, 0.1) is 66.1 Å². The second-order valence-electron chi connectivity index (χ2n) is 12.2. The number of oxime groups is 1. The van der Waals surface area contributed by atoms with Crippen molar-refractivity contribution in [1.82, 2.24) is 4.90 Å². The van der Waals surface area contributed by atoms with Crippen LogP contribution in [0.5, 0.6) is 40.2 Å². The van der Waals surface area contributed by atoms with E-state index in [9.17, 15) is 4.79 Å². The Morgan fingerprint density at radius 3 is 2.16 bits per heavy atom. The van der Waals surface area contributed by atoms with Crippen LogP contribution in [0.25, 0.3) is 11.1 Å². The predicted molar refractivity (Wildman–Crippen MR) is 190 cm³/mol. The molecule has 0 aliphatic carbocycles. The molecule has 50 heavy (non-hydrogen) atoms. The lowest BCUT2D eigenvalue weighted by Gasteiger charge is -2.21. The highest BCUT2D eigenvalue weighted by Gasteiger charge is 2.32. The van der Waals surface area contributed by atoms with Gasteiger partial charge in [0.25, 0.3) is 5.91 Å². The highest BCUT2D eigenvalue weighted by molar-refractivity contribution is 6.03. The first-order valence-electron chi connectivity index (χ1n) is 17.0. The van der Waals surface area contributed by atoms with E-state index < -0.39 is 0 Å². The molecule has 3 aliphatic rings. The van der Waals surface area contributed by atoms with Gasteiger partial charge in [0.15, 0.2) is 40.6 Å². The Kier molecular flexibility index (Phi) is 11.1. The molecule has 3 aromatic rings. The zero-order chi connectivity index (χ0) is 35.0. The SMILES string of the molecule is COc1cc2c(cc1OCCCCCCOc1cc(C3CC=NO3)cc(-c3ccc(OC)c(OC)c3OC)c1OC)N=C[C@@H]1CCCN1C2=O. The minimum absolute atomic E-state index is 0.00536. The van der Waals surface area contributed by atoms with E-state index in [0.717, 1.165) is 61.8 Å². The van der Waals surface area contributed by atoms with Crippen LogP contribution in [0.15, 0.2) is 46.5 Å². The molecule has 1 fully saturated rings. The van der Waals surface area contributed by atoms with E-state index in [-0.39, 0.29) is 18.1 Å². The monoisotopic (exact) mass is 687 g/mol. The Balaban J connectivity index is 1.08. The van der Waals surface area contributed by atoms with Crippen molar-refractivity contribution in [3.8, 4) is 51.4 Å². The second kappa shape index (κ2) is 16.1. The molecule has 2 atom stereocenters. The number of rotatable bonds is 16. The van der Waals surface area contributed by atoms with Gasteiger partial charge in [-0.3, -0.25) is 9.79 Å². The zero-order valence-corrected chi connectivity index (χ0v) is 29.4. The molecule has 1 saturated heterocycles. The van der Waals surface area contributed by atoms with Crippen LogP contribution in [0, 0.1) is 0 Å². The number of carbonyl (C=O) groups is 1. The van der Waals surface area contributed by atoms with Gasteiger partial charge in [-0.25, -0.2) is 0 Å². The fourth-order valence-electron chi connectivity index (χ4n) is 6.68. The molecule has 12 heteroatoms. The molecule has 3 aliphatic heterocycles. The summed E-state index contributed by atoms with van der Waals surface area (Å²) in [6.07, 6.45) is 9.56.